The molecular formula is C22H23ClN6O4. The van der Waals surface area contributed by atoms with Crippen LogP contribution in [0.15, 0.2) is 48.8 Å². The Hall–Kier alpha value is -3.79. The minimum atomic E-state index is -0.468. The summed E-state index contributed by atoms with van der Waals surface area (Å²) in [6.45, 7) is 2.53. The molecule has 1 aliphatic heterocycles. The van der Waals surface area contributed by atoms with Crippen LogP contribution in [0.5, 0.6) is 11.5 Å². The van der Waals surface area contributed by atoms with Gasteiger partial charge in [0.05, 0.1) is 24.8 Å². The number of anilines is 4. The van der Waals surface area contributed by atoms with E-state index in [1.165, 1.54) is 13.4 Å². The zero-order valence-corrected chi connectivity index (χ0v) is 19.0. The first kappa shape index (κ1) is 22.4. The van der Waals surface area contributed by atoms with Crippen LogP contribution >= 0.6 is 11.6 Å². The molecule has 10 nitrogen and oxygen atoms in total. The molecule has 1 fully saturated rings. The van der Waals surface area contributed by atoms with Crippen LogP contribution in [0.4, 0.5) is 28.7 Å². The van der Waals surface area contributed by atoms with Gasteiger partial charge in [0.1, 0.15) is 17.8 Å². The van der Waals surface area contributed by atoms with Gasteiger partial charge in [-0.05, 0) is 42.5 Å². The van der Waals surface area contributed by atoms with Gasteiger partial charge in [0.25, 0.3) is 0 Å². The number of nitro groups is 1. The topological polar surface area (TPSA) is 106 Å². The van der Waals surface area contributed by atoms with Crippen molar-refractivity contribution >= 4 is 40.3 Å². The number of piperazine rings is 1. The normalized spacial score (nSPS) is 13.5. The van der Waals surface area contributed by atoms with Gasteiger partial charge in [-0.25, -0.2) is 9.97 Å². The predicted octanol–water partition coefficient (Wildman–Crippen LogP) is 4.13. The Bertz CT molecular complexity index is 1140. The van der Waals surface area contributed by atoms with E-state index in [2.05, 4.69) is 20.2 Å². The van der Waals surface area contributed by atoms with Crippen molar-refractivity contribution in [1.82, 2.24) is 9.97 Å². The number of halogens is 1. The summed E-state index contributed by atoms with van der Waals surface area (Å²) in [6, 6.07) is 12.8. The highest BCUT2D eigenvalue weighted by Gasteiger charge is 2.30. The largest absolute Gasteiger partial charge is 0.497 e. The van der Waals surface area contributed by atoms with Crippen LogP contribution in [0.3, 0.4) is 0 Å². The van der Waals surface area contributed by atoms with Crippen molar-refractivity contribution in [2.24, 2.45) is 0 Å². The maximum atomic E-state index is 12.0. The number of ether oxygens (including phenoxy) is 2. The van der Waals surface area contributed by atoms with E-state index in [9.17, 15) is 10.1 Å². The highest BCUT2D eigenvalue weighted by molar-refractivity contribution is 6.31. The van der Waals surface area contributed by atoms with Gasteiger partial charge in [0, 0.05) is 36.9 Å². The van der Waals surface area contributed by atoms with Crippen molar-refractivity contribution in [1.29, 1.82) is 0 Å². The average Bonchev–Trinajstić information content (AvgIpc) is 2.84. The molecule has 1 aliphatic rings. The van der Waals surface area contributed by atoms with Crippen molar-refractivity contribution in [3.63, 3.8) is 0 Å². The van der Waals surface area contributed by atoms with E-state index in [-0.39, 0.29) is 17.3 Å². The van der Waals surface area contributed by atoms with Gasteiger partial charge in [-0.3, -0.25) is 10.1 Å². The molecule has 11 heteroatoms. The molecule has 0 unspecified atom stereocenters. The van der Waals surface area contributed by atoms with Crippen LogP contribution in [-0.2, 0) is 0 Å². The molecule has 2 heterocycles. The third-order valence-corrected chi connectivity index (χ3v) is 5.65. The summed E-state index contributed by atoms with van der Waals surface area (Å²) < 4.78 is 10.5. The number of rotatable bonds is 7. The lowest BCUT2D eigenvalue weighted by molar-refractivity contribution is -0.383. The van der Waals surface area contributed by atoms with E-state index in [4.69, 9.17) is 21.1 Å². The average molecular weight is 471 g/mol. The molecular weight excluding hydrogens is 448 g/mol. The molecule has 172 valence electrons. The minimum absolute atomic E-state index is 0.0724. The maximum absolute atomic E-state index is 12.0. The SMILES string of the molecule is COc1ccc(N2CCN(c3ncnc(Nc4cc(Cl)ccc4OC)c3[N+](=O)[O-])CC2)cc1. The summed E-state index contributed by atoms with van der Waals surface area (Å²) in [5, 5.41) is 15.5. The standard InChI is InChI=1S/C22H23ClN6O4/c1-32-17-6-4-16(5-7-17)27-9-11-28(12-10-27)22-20(29(30)31)21(24-14-25-22)26-18-13-15(23)3-8-19(18)33-2/h3-8,13-14H,9-12H2,1-2H3,(H,24,25,26). The minimum Gasteiger partial charge on any atom is -0.497 e. The zero-order valence-electron chi connectivity index (χ0n) is 18.2. The van der Waals surface area contributed by atoms with Gasteiger partial charge < -0.3 is 24.6 Å². The van der Waals surface area contributed by atoms with Crippen LogP contribution in [0, 0.1) is 10.1 Å². The second-order valence-corrected chi connectivity index (χ2v) is 7.73. The van der Waals surface area contributed by atoms with Crippen LogP contribution < -0.4 is 24.6 Å². The lowest BCUT2D eigenvalue weighted by Crippen LogP contribution is -2.47. The summed E-state index contributed by atoms with van der Waals surface area (Å²) in [4.78, 5) is 24.0. The first-order valence-electron chi connectivity index (χ1n) is 10.2. The quantitative estimate of drug-likeness (QED) is 0.403. The maximum Gasteiger partial charge on any atom is 0.353 e. The Morgan fingerprint density at radius 3 is 2.33 bits per heavy atom. The zero-order chi connectivity index (χ0) is 23.4. The van der Waals surface area contributed by atoms with Crippen molar-refractivity contribution in [2.45, 2.75) is 0 Å². The van der Waals surface area contributed by atoms with Crippen molar-refractivity contribution in [3.05, 3.63) is 63.9 Å². The molecule has 3 aromatic rings. The number of nitrogens with zero attached hydrogens (tertiary/aromatic N) is 5. The molecule has 0 spiro atoms. The van der Waals surface area contributed by atoms with Gasteiger partial charge in [-0.15, -0.1) is 0 Å². The number of hydrogen-bond donors (Lipinski definition) is 1. The second-order valence-electron chi connectivity index (χ2n) is 7.29. The number of benzene rings is 2. The van der Waals surface area contributed by atoms with E-state index in [1.807, 2.05) is 29.2 Å². The Labute approximate surface area is 195 Å². The molecule has 0 saturated carbocycles. The molecule has 33 heavy (non-hydrogen) atoms. The number of hydrogen-bond acceptors (Lipinski definition) is 9. The first-order valence-corrected chi connectivity index (χ1v) is 10.6. The van der Waals surface area contributed by atoms with Crippen LogP contribution in [-0.4, -0.2) is 55.3 Å². The van der Waals surface area contributed by atoms with E-state index >= 15 is 0 Å². The molecule has 1 saturated heterocycles. The summed E-state index contributed by atoms with van der Waals surface area (Å²) in [6.07, 6.45) is 1.32. The molecule has 0 atom stereocenters. The molecule has 4 rings (SSSR count). The third kappa shape index (κ3) is 4.85. The van der Waals surface area contributed by atoms with E-state index in [0.29, 0.717) is 42.6 Å². The fraction of sp³-hybridized carbons (Fsp3) is 0.273. The lowest BCUT2D eigenvalue weighted by Gasteiger charge is -2.36. The van der Waals surface area contributed by atoms with E-state index < -0.39 is 4.92 Å². The van der Waals surface area contributed by atoms with Crippen molar-refractivity contribution in [2.75, 3.05) is 55.5 Å². The Balaban J connectivity index is 1.56. The molecule has 0 aliphatic carbocycles. The lowest BCUT2D eigenvalue weighted by atomic mass is 10.2. The van der Waals surface area contributed by atoms with Gasteiger partial charge in [0.15, 0.2) is 0 Å². The number of methoxy groups -OCH3 is 2. The fourth-order valence-electron chi connectivity index (χ4n) is 3.74. The molecule has 0 radical (unpaired) electrons. The Morgan fingerprint density at radius 2 is 1.70 bits per heavy atom. The highest BCUT2D eigenvalue weighted by Crippen LogP contribution is 2.37. The number of nitrogens with one attached hydrogen (secondary N) is 1. The number of aromatic nitrogens is 2. The summed E-state index contributed by atoms with van der Waals surface area (Å²) in [5.74, 6) is 1.63. The smallest absolute Gasteiger partial charge is 0.353 e. The van der Waals surface area contributed by atoms with Crippen molar-refractivity contribution < 1.29 is 14.4 Å². The van der Waals surface area contributed by atoms with Gasteiger partial charge in [-0.2, -0.15) is 0 Å². The summed E-state index contributed by atoms with van der Waals surface area (Å²) in [5.41, 5.74) is 1.35. The molecule has 1 aromatic heterocycles. The molecule has 0 amide bonds. The van der Waals surface area contributed by atoms with E-state index in [0.717, 1.165) is 11.4 Å². The Morgan fingerprint density at radius 1 is 1.00 bits per heavy atom. The van der Waals surface area contributed by atoms with Crippen molar-refractivity contribution in [3.8, 4) is 11.5 Å². The van der Waals surface area contributed by atoms with Gasteiger partial charge in [0.2, 0.25) is 11.6 Å². The Kier molecular flexibility index (Phi) is 6.64. The first-order chi connectivity index (χ1) is 16.0. The summed E-state index contributed by atoms with van der Waals surface area (Å²) >= 11 is 6.09. The molecule has 1 N–H and O–H groups in total. The predicted molar refractivity (Wildman–Crippen MR) is 127 cm³/mol. The van der Waals surface area contributed by atoms with Gasteiger partial charge >= 0.3 is 5.69 Å². The van der Waals surface area contributed by atoms with Crippen LogP contribution in [0.1, 0.15) is 0 Å². The highest BCUT2D eigenvalue weighted by atomic mass is 35.5. The van der Waals surface area contributed by atoms with E-state index in [1.54, 1.807) is 25.3 Å². The third-order valence-electron chi connectivity index (χ3n) is 5.42. The molecule has 0 bridgehead atoms. The summed E-state index contributed by atoms with van der Waals surface area (Å²) in [7, 11) is 3.14. The molecule has 2 aromatic carbocycles. The second kappa shape index (κ2) is 9.78. The van der Waals surface area contributed by atoms with Crippen LogP contribution in [0.2, 0.25) is 5.02 Å². The monoisotopic (exact) mass is 470 g/mol. The van der Waals surface area contributed by atoms with Crippen LogP contribution in [0.25, 0.3) is 0 Å². The van der Waals surface area contributed by atoms with Gasteiger partial charge in [-0.1, -0.05) is 11.6 Å². The fourth-order valence-corrected chi connectivity index (χ4v) is 3.91.